The summed E-state index contributed by atoms with van der Waals surface area (Å²) in [5.41, 5.74) is 2.55. The number of anilines is 2. The molecule has 4 heteroatoms. The number of nitrogens with one attached hydrogen (secondary N) is 1. The van der Waals surface area contributed by atoms with E-state index in [4.69, 9.17) is 5.26 Å². The van der Waals surface area contributed by atoms with Crippen molar-refractivity contribution in [3.63, 3.8) is 0 Å². The zero-order valence-electron chi connectivity index (χ0n) is 8.74. The van der Waals surface area contributed by atoms with E-state index in [1.807, 2.05) is 36.4 Å². The van der Waals surface area contributed by atoms with E-state index >= 15 is 0 Å². The van der Waals surface area contributed by atoms with Crippen LogP contribution >= 0.6 is 38.5 Å². The van der Waals surface area contributed by atoms with Crippen molar-refractivity contribution in [3.8, 4) is 6.07 Å². The van der Waals surface area contributed by atoms with Crippen LogP contribution in [0.5, 0.6) is 0 Å². The fraction of sp³-hybridized carbons (Fsp3) is 0. The first-order valence-electron chi connectivity index (χ1n) is 4.90. The van der Waals surface area contributed by atoms with Crippen LogP contribution in [0.4, 0.5) is 11.4 Å². The number of halogens is 2. The summed E-state index contributed by atoms with van der Waals surface area (Å²) < 4.78 is 2.06. The van der Waals surface area contributed by atoms with Crippen molar-refractivity contribution in [1.82, 2.24) is 0 Å². The number of hydrogen-bond acceptors (Lipinski definition) is 2. The Kier molecular flexibility index (Phi) is 4.02. The first-order valence-corrected chi connectivity index (χ1v) is 6.78. The SMILES string of the molecule is N#Cc1cc(Br)cc(Nc2cccc(I)c2)c1. The molecular weight excluding hydrogens is 391 g/mol. The molecule has 84 valence electrons. The predicted octanol–water partition coefficient (Wildman–Crippen LogP) is 4.67. The van der Waals surface area contributed by atoms with E-state index in [1.165, 1.54) is 3.57 Å². The minimum Gasteiger partial charge on any atom is -0.355 e. The van der Waals surface area contributed by atoms with E-state index in [2.05, 4.69) is 49.9 Å². The summed E-state index contributed by atoms with van der Waals surface area (Å²) in [5, 5.41) is 12.2. The third-order valence-electron chi connectivity index (χ3n) is 2.14. The third kappa shape index (κ3) is 3.45. The lowest BCUT2D eigenvalue weighted by Crippen LogP contribution is -1.91. The van der Waals surface area contributed by atoms with Gasteiger partial charge < -0.3 is 5.32 Å². The molecule has 17 heavy (non-hydrogen) atoms. The zero-order chi connectivity index (χ0) is 12.3. The number of hydrogen-bond donors (Lipinski definition) is 1. The lowest BCUT2D eigenvalue weighted by atomic mass is 10.2. The smallest absolute Gasteiger partial charge is 0.0992 e. The summed E-state index contributed by atoms with van der Waals surface area (Å²) in [4.78, 5) is 0. The van der Waals surface area contributed by atoms with E-state index in [0.29, 0.717) is 5.56 Å². The molecule has 0 aromatic heterocycles. The maximum atomic E-state index is 8.90. The molecule has 0 aliphatic heterocycles. The average Bonchev–Trinajstić information content (AvgIpc) is 2.28. The largest absolute Gasteiger partial charge is 0.355 e. The standard InChI is InChI=1S/C13H8BrIN2/c14-10-4-9(8-16)5-13(6-10)17-12-3-1-2-11(15)7-12/h1-7,17H. The van der Waals surface area contributed by atoms with Crippen LogP contribution in [0, 0.1) is 14.9 Å². The molecule has 2 rings (SSSR count). The Labute approximate surface area is 122 Å². The van der Waals surface area contributed by atoms with Gasteiger partial charge in [0.05, 0.1) is 11.6 Å². The fourth-order valence-corrected chi connectivity index (χ4v) is 2.50. The second-order valence-corrected chi connectivity index (χ2v) is 5.64. The van der Waals surface area contributed by atoms with Crippen LogP contribution in [0.25, 0.3) is 0 Å². The summed E-state index contributed by atoms with van der Waals surface area (Å²) in [5.74, 6) is 0. The molecule has 2 aromatic carbocycles. The number of benzene rings is 2. The molecule has 0 aliphatic carbocycles. The lowest BCUT2D eigenvalue weighted by molar-refractivity contribution is 1.46. The molecular formula is C13H8BrIN2. The summed E-state index contributed by atoms with van der Waals surface area (Å²) in [7, 11) is 0. The second-order valence-electron chi connectivity index (χ2n) is 3.48. The predicted molar refractivity (Wildman–Crippen MR) is 81.3 cm³/mol. The third-order valence-corrected chi connectivity index (χ3v) is 3.27. The Morgan fingerprint density at radius 3 is 2.65 bits per heavy atom. The molecule has 0 aliphatic rings. The molecule has 0 bridgehead atoms. The normalized spacial score (nSPS) is 9.71. The van der Waals surface area contributed by atoms with Gasteiger partial charge in [0.15, 0.2) is 0 Å². The highest BCUT2D eigenvalue weighted by molar-refractivity contribution is 14.1. The van der Waals surface area contributed by atoms with Crippen LogP contribution in [-0.2, 0) is 0 Å². The molecule has 0 saturated carbocycles. The number of nitriles is 1. The molecule has 0 spiro atoms. The summed E-state index contributed by atoms with van der Waals surface area (Å²) in [6, 6.07) is 15.8. The summed E-state index contributed by atoms with van der Waals surface area (Å²) in [6.07, 6.45) is 0. The van der Waals surface area contributed by atoms with Crippen molar-refractivity contribution in [2.75, 3.05) is 5.32 Å². The van der Waals surface area contributed by atoms with Crippen LogP contribution in [0.15, 0.2) is 46.9 Å². The topological polar surface area (TPSA) is 35.8 Å². The van der Waals surface area contributed by atoms with E-state index < -0.39 is 0 Å². The van der Waals surface area contributed by atoms with Crippen molar-refractivity contribution in [2.24, 2.45) is 0 Å². The van der Waals surface area contributed by atoms with Gasteiger partial charge in [0.2, 0.25) is 0 Å². The molecule has 0 atom stereocenters. The van der Waals surface area contributed by atoms with Crippen LogP contribution in [-0.4, -0.2) is 0 Å². The maximum absolute atomic E-state index is 8.90. The van der Waals surface area contributed by atoms with Crippen molar-refractivity contribution in [2.45, 2.75) is 0 Å². The van der Waals surface area contributed by atoms with E-state index in [1.54, 1.807) is 6.07 Å². The molecule has 0 radical (unpaired) electrons. The monoisotopic (exact) mass is 398 g/mol. The van der Waals surface area contributed by atoms with Gasteiger partial charge in [0.1, 0.15) is 0 Å². The van der Waals surface area contributed by atoms with Crippen LogP contribution in [0.2, 0.25) is 0 Å². The molecule has 2 nitrogen and oxygen atoms in total. The molecule has 0 unspecified atom stereocenters. The highest BCUT2D eigenvalue weighted by Gasteiger charge is 2.00. The molecule has 1 N–H and O–H groups in total. The van der Waals surface area contributed by atoms with E-state index in [0.717, 1.165) is 15.8 Å². The molecule has 0 saturated heterocycles. The quantitative estimate of drug-likeness (QED) is 0.746. The fourth-order valence-electron chi connectivity index (χ4n) is 1.46. The molecule has 0 heterocycles. The minimum absolute atomic E-state index is 0.632. The van der Waals surface area contributed by atoms with Gasteiger partial charge >= 0.3 is 0 Å². The first kappa shape index (κ1) is 12.4. The highest BCUT2D eigenvalue weighted by atomic mass is 127. The van der Waals surface area contributed by atoms with Gasteiger partial charge in [0.25, 0.3) is 0 Å². The lowest BCUT2D eigenvalue weighted by Gasteiger charge is -2.07. The Morgan fingerprint density at radius 1 is 1.12 bits per heavy atom. The first-order chi connectivity index (χ1) is 8.17. The highest BCUT2D eigenvalue weighted by Crippen LogP contribution is 2.23. The number of nitrogens with zero attached hydrogens (tertiary/aromatic N) is 1. The minimum atomic E-state index is 0.632. The van der Waals surface area contributed by atoms with Crippen LogP contribution < -0.4 is 5.32 Å². The Morgan fingerprint density at radius 2 is 1.94 bits per heavy atom. The van der Waals surface area contributed by atoms with Crippen molar-refractivity contribution >= 4 is 49.9 Å². The van der Waals surface area contributed by atoms with Gasteiger partial charge in [-0.25, -0.2) is 0 Å². The van der Waals surface area contributed by atoms with Crippen molar-refractivity contribution < 1.29 is 0 Å². The Balaban J connectivity index is 2.30. The van der Waals surface area contributed by atoms with Gasteiger partial charge in [-0.1, -0.05) is 22.0 Å². The van der Waals surface area contributed by atoms with Gasteiger partial charge in [-0.3, -0.25) is 0 Å². The van der Waals surface area contributed by atoms with Gasteiger partial charge in [-0.15, -0.1) is 0 Å². The summed E-state index contributed by atoms with van der Waals surface area (Å²) in [6.45, 7) is 0. The van der Waals surface area contributed by atoms with Crippen LogP contribution in [0.3, 0.4) is 0 Å². The van der Waals surface area contributed by atoms with Crippen LogP contribution in [0.1, 0.15) is 5.56 Å². The Hall–Kier alpha value is -1.06. The second kappa shape index (κ2) is 5.52. The van der Waals surface area contributed by atoms with Crippen molar-refractivity contribution in [3.05, 3.63) is 56.1 Å². The number of rotatable bonds is 2. The Bertz CT molecular complexity index is 590. The average molecular weight is 399 g/mol. The zero-order valence-corrected chi connectivity index (χ0v) is 12.5. The summed E-state index contributed by atoms with van der Waals surface area (Å²) >= 11 is 5.66. The maximum Gasteiger partial charge on any atom is 0.0992 e. The molecule has 0 amide bonds. The molecule has 0 fully saturated rings. The van der Waals surface area contributed by atoms with Gasteiger partial charge in [0, 0.05) is 19.4 Å². The van der Waals surface area contributed by atoms with Gasteiger partial charge in [-0.2, -0.15) is 5.26 Å². The van der Waals surface area contributed by atoms with Gasteiger partial charge in [-0.05, 0) is 59.0 Å². The van der Waals surface area contributed by atoms with E-state index in [9.17, 15) is 0 Å². The van der Waals surface area contributed by atoms with E-state index in [-0.39, 0.29) is 0 Å². The molecule has 2 aromatic rings. The van der Waals surface area contributed by atoms with Crippen molar-refractivity contribution in [1.29, 1.82) is 5.26 Å².